The van der Waals surface area contributed by atoms with Crippen LogP contribution in [0.3, 0.4) is 0 Å². The number of hydrogen-bond donors (Lipinski definition) is 2. The van der Waals surface area contributed by atoms with E-state index in [-0.39, 0.29) is 0 Å². The van der Waals surface area contributed by atoms with Gasteiger partial charge in [-0.2, -0.15) is 0 Å². The zero-order valence-corrected chi connectivity index (χ0v) is 13.5. The Kier molecular flexibility index (Phi) is 5.56. The first-order valence-corrected chi connectivity index (χ1v) is 8.92. The lowest BCUT2D eigenvalue weighted by molar-refractivity contribution is 0.181. The van der Waals surface area contributed by atoms with Gasteiger partial charge in [0, 0.05) is 23.7 Å². The number of benzene rings is 1. The maximum Gasteiger partial charge on any atom is 0.0409 e. The van der Waals surface area contributed by atoms with Gasteiger partial charge in [0.05, 0.1) is 0 Å². The van der Waals surface area contributed by atoms with E-state index in [1.54, 1.807) is 0 Å². The third-order valence-corrected chi connectivity index (χ3v) is 5.38. The normalized spacial score (nSPS) is 30.2. The molecule has 0 spiro atoms. The maximum absolute atomic E-state index is 6.08. The lowest BCUT2D eigenvalue weighted by Gasteiger charge is -2.40. The third-order valence-electron chi connectivity index (χ3n) is 5.14. The van der Waals surface area contributed by atoms with Crippen LogP contribution in [0.2, 0.25) is 5.02 Å². The molecule has 1 aliphatic carbocycles. The van der Waals surface area contributed by atoms with Crippen molar-refractivity contribution in [2.24, 2.45) is 5.92 Å². The van der Waals surface area contributed by atoms with Gasteiger partial charge in [0.15, 0.2) is 0 Å². The summed E-state index contributed by atoms with van der Waals surface area (Å²) in [5, 5.41) is 8.42. The number of rotatable bonds is 4. The standard InChI is InChI=1S/C18H27ClN2/c19-15-7-5-6-14(12-15)13-21-18-9-2-1-8-16(18)17-10-3-4-11-20-17/h5-7,12,16-18,20-21H,1-4,8-11,13H2. The van der Waals surface area contributed by atoms with Crippen LogP contribution in [0.1, 0.15) is 50.5 Å². The topological polar surface area (TPSA) is 24.1 Å². The lowest BCUT2D eigenvalue weighted by atomic mass is 9.77. The van der Waals surface area contributed by atoms with E-state index in [1.807, 2.05) is 12.1 Å². The Morgan fingerprint density at radius 1 is 1.10 bits per heavy atom. The lowest BCUT2D eigenvalue weighted by Crippen LogP contribution is -2.50. The minimum atomic E-state index is 0.660. The molecule has 0 amide bonds. The molecule has 0 radical (unpaired) electrons. The molecule has 2 aliphatic rings. The molecule has 1 aromatic rings. The summed E-state index contributed by atoms with van der Waals surface area (Å²) in [6.07, 6.45) is 9.59. The minimum Gasteiger partial charge on any atom is -0.314 e. The van der Waals surface area contributed by atoms with Gasteiger partial charge >= 0.3 is 0 Å². The number of nitrogens with one attached hydrogen (secondary N) is 2. The van der Waals surface area contributed by atoms with Gasteiger partial charge in [-0.25, -0.2) is 0 Å². The Bertz CT molecular complexity index is 443. The Morgan fingerprint density at radius 2 is 1.95 bits per heavy atom. The molecule has 1 saturated heterocycles. The van der Waals surface area contributed by atoms with Crippen molar-refractivity contribution >= 4 is 11.6 Å². The Hall–Kier alpha value is -0.570. The van der Waals surface area contributed by atoms with Crippen LogP contribution in [0.25, 0.3) is 0 Å². The van der Waals surface area contributed by atoms with Crippen LogP contribution < -0.4 is 10.6 Å². The van der Waals surface area contributed by atoms with E-state index in [0.717, 1.165) is 23.5 Å². The zero-order valence-electron chi connectivity index (χ0n) is 12.8. The fourth-order valence-corrected chi connectivity index (χ4v) is 4.25. The molecule has 3 rings (SSSR count). The molecule has 2 fully saturated rings. The predicted molar refractivity (Wildman–Crippen MR) is 89.7 cm³/mol. The van der Waals surface area contributed by atoms with E-state index in [0.29, 0.717) is 6.04 Å². The van der Waals surface area contributed by atoms with E-state index in [4.69, 9.17) is 11.6 Å². The first-order chi connectivity index (χ1) is 10.3. The summed E-state index contributed by atoms with van der Waals surface area (Å²) in [6, 6.07) is 9.62. The van der Waals surface area contributed by atoms with Gasteiger partial charge in [-0.3, -0.25) is 0 Å². The SMILES string of the molecule is Clc1cccc(CNC2CCCCC2C2CCCCN2)c1. The summed E-state index contributed by atoms with van der Waals surface area (Å²) in [6.45, 7) is 2.15. The summed E-state index contributed by atoms with van der Waals surface area (Å²) in [5.74, 6) is 0.804. The second kappa shape index (κ2) is 7.62. The van der Waals surface area contributed by atoms with Gasteiger partial charge in [-0.1, -0.05) is 43.0 Å². The zero-order chi connectivity index (χ0) is 14.5. The molecule has 1 aliphatic heterocycles. The molecule has 2 nitrogen and oxygen atoms in total. The Morgan fingerprint density at radius 3 is 2.76 bits per heavy atom. The van der Waals surface area contributed by atoms with E-state index in [2.05, 4.69) is 22.8 Å². The van der Waals surface area contributed by atoms with Crippen molar-refractivity contribution < 1.29 is 0 Å². The van der Waals surface area contributed by atoms with Gasteiger partial charge < -0.3 is 10.6 Å². The summed E-state index contributed by atoms with van der Waals surface area (Å²) in [4.78, 5) is 0. The van der Waals surface area contributed by atoms with Gasteiger partial charge in [-0.05, 0) is 55.8 Å². The third kappa shape index (κ3) is 4.21. The van der Waals surface area contributed by atoms with E-state index >= 15 is 0 Å². The molecule has 2 N–H and O–H groups in total. The number of piperidine rings is 1. The molecule has 116 valence electrons. The van der Waals surface area contributed by atoms with Gasteiger partial charge in [-0.15, -0.1) is 0 Å². The average molecular weight is 307 g/mol. The first-order valence-electron chi connectivity index (χ1n) is 8.54. The van der Waals surface area contributed by atoms with Gasteiger partial charge in [0.1, 0.15) is 0 Å². The molecule has 1 saturated carbocycles. The number of halogens is 1. The van der Waals surface area contributed by atoms with Crippen molar-refractivity contribution in [2.75, 3.05) is 6.54 Å². The van der Waals surface area contributed by atoms with Crippen LogP contribution >= 0.6 is 11.6 Å². The Balaban J connectivity index is 1.58. The van der Waals surface area contributed by atoms with Gasteiger partial charge in [0.25, 0.3) is 0 Å². The second-order valence-electron chi connectivity index (χ2n) is 6.62. The van der Waals surface area contributed by atoms with Crippen molar-refractivity contribution in [3.05, 3.63) is 34.9 Å². The molecular weight excluding hydrogens is 280 g/mol. The largest absolute Gasteiger partial charge is 0.314 e. The van der Waals surface area contributed by atoms with Crippen LogP contribution in [0.4, 0.5) is 0 Å². The highest BCUT2D eigenvalue weighted by Crippen LogP contribution is 2.30. The minimum absolute atomic E-state index is 0.660. The van der Waals surface area contributed by atoms with Crippen molar-refractivity contribution in [2.45, 2.75) is 63.6 Å². The second-order valence-corrected chi connectivity index (χ2v) is 7.06. The quantitative estimate of drug-likeness (QED) is 0.874. The summed E-state index contributed by atoms with van der Waals surface area (Å²) in [7, 11) is 0. The molecule has 21 heavy (non-hydrogen) atoms. The molecule has 3 unspecified atom stereocenters. The van der Waals surface area contributed by atoms with E-state index < -0.39 is 0 Å². The van der Waals surface area contributed by atoms with Crippen molar-refractivity contribution in [1.29, 1.82) is 0 Å². The maximum atomic E-state index is 6.08. The smallest absolute Gasteiger partial charge is 0.0409 e. The molecule has 1 heterocycles. The van der Waals surface area contributed by atoms with Crippen LogP contribution in [0, 0.1) is 5.92 Å². The van der Waals surface area contributed by atoms with Crippen molar-refractivity contribution in [3.8, 4) is 0 Å². The van der Waals surface area contributed by atoms with E-state index in [9.17, 15) is 0 Å². The molecule has 3 heteroatoms. The van der Waals surface area contributed by atoms with E-state index in [1.165, 1.54) is 57.1 Å². The summed E-state index contributed by atoms with van der Waals surface area (Å²) in [5.41, 5.74) is 1.29. The van der Waals surface area contributed by atoms with Crippen LogP contribution in [-0.4, -0.2) is 18.6 Å². The average Bonchev–Trinajstić information content (AvgIpc) is 2.54. The molecular formula is C18H27ClN2. The molecule has 0 aromatic heterocycles. The highest BCUT2D eigenvalue weighted by Gasteiger charge is 2.31. The Labute approximate surface area is 133 Å². The molecule has 0 bridgehead atoms. The predicted octanol–water partition coefficient (Wildman–Crippen LogP) is 4.13. The molecule has 1 aromatic carbocycles. The van der Waals surface area contributed by atoms with Crippen molar-refractivity contribution in [1.82, 2.24) is 10.6 Å². The number of hydrogen-bond acceptors (Lipinski definition) is 2. The highest BCUT2D eigenvalue weighted by atomic mass is 35.5. The fraction of sp³-hybridized carbons (Fsp3) is 0.667. The van der Waals surface area contributed by atoms with Gasteiger partial charge in [0.2, 0.25) is 0 Å². The first kappa shape index (κ1) is 15.3. The fourth-order valence-electron chi connectivity index (χ4n) is 4.03. The van der Waals surface area contributed by atoms with Crippen LogP contribution in [0.5, 0.6) is 0 Å². The van der Waals surface area contributed by atoms with Crippen LogP contribution in [-0.2, 0) is 6.54 Å². The monoisotopic (exact) mass is 306 g/mol. The van der Waals surface area contributed by atoms with Crippen LogP contribution in [0.15, 0.2) is 24.3 Å². The van der Waals surface area contributed by atoms with Crippen molar-refractivity contribution in [3.63, 3.8) is 0 Å². The highest BCUT2D eigenvalue weighted by molar-refractivity contribution is 6.30. The summed E-state index contributed by atoms with van der Waals surface area (Å²) < 4.78 is 0. The summed E-state index contributed by atoms with van der Waals surface area (Å²) >= 11 is 6.08. The molecule has 3 atom stereocenters.